The van der Waals surface area contributed by atoms with Crippen molar-refractivity contribution < 1.29 is 22.0 Å². The molecule has 0 unspecified atom stereocenters. The van der Waals surface area contributed by atoms with E-state index in [0.29, 0.717) is 0 Å². The van der Waals surface area contributed by atoms with Gasteiger partial charge in [0, 0.05) is 12.8 Å². The van der Waals surface area contributed by atoms with Crippen molar-refractivity contribution in [3.8, 4) is 0 Å². The summed E-state index contributed by atoms with van der Waals surface area (Å²) < 4.78 is 59.8. The summed E-state index contributed by atoms with van der Waals surface area (Å²) in [6, 6.07) is 0. The molecule has 0 aromatic rings. The monoisotopic (exact) mass is 174 g/mol. The summed E-state index contributed by atoms with van der Waals surface area (Å²) in [7, 11) is 0. The fraction of sp³-hybridized carbons (Fsp3) is 1.00. The average Bonchev–Trinajstić information content (AvgIpc) is 1.55. The highest BCUT2D eigenvalue weighted by Crippen LogP contribution is 2.59. The van der Waals surface area contributed by atoms with Crippen molar-refractivity contribution in [2.45, 2.75) is 31.9 Å². The van der Waals surface area contributed by atoms with Gasteiger partial charge in [-0.25, -0.2) is 8.78 Å². The third kappa shape index (κ3) is 1.32. The Bertz CT molecular complexity index is 160. The first-order valence-corrected chi connectivity index (χ1v) is 3.11. The van der Waals surface area contributed by atoms with Gasteiger partial charge in [0.25, 0.3) is 0 Å². The lowest BCUT2D eigenvalue weighted by Crippen LogP contribution is -2.52. The molecule has 0 nitrogen and oxygen atoms in total. The fourth-order valence-corrected chi connectivity index (χ4v) is 1.29. The van der Waals surface area contributed by atoms with Crippen LogP contribution in [0.5, 0.6) is 0 Å². The summed E-state index contributed by atoms with van der Waals surface area (Å²) in [6.07, 6.45) is -6.62. The molecule has 0 N–H and O–H groups in total. The smallest absolute Gasteiger partial charge is 0.207 e. The second-order valence-electron chi connectivity index (χ2n) is 3.27. The zero-order valence-electron chi connectivity index (χ0n) is 5.80. The van der Waals surface area contributed by atoms with E-state index in [1.807, 2.05) is 0 Å². The van der Waals surface area contributed by atoms with Crippen molar-refractivity contribution in [3.05, 3.63) is 0 Å². The van der Waals surface area contributed by atoms with E-state index >= 15 is 0 Å². The van der Waals surface area contributed by atoms with Crippen LogP contribution in [0.4, 0.5) is 22.0 Å². The Kier molecular flexibility index (Phi) is 1.49. The predicted octanol–water partition coefficient (Wildman–Crippen LogP) is 2.98. The van der Waals surface area contributed by atoms with E-state index < -0.39 is 30.4 Å². The van der Waals surface area contributed by atoms with Crippen molar-refractivity contribution in [1.29, 1.82) is 0 Å². The zero-order valence-corrected chi connectivity index (χ0v) is 5.80. The standard InChI is InChI=1S/C6H7F5/c1-4(6(9,10)11)2-5(7,8)3-4/h2-3H2,1H3. The van der Waals surface area contributed by atoms with Gasteiger partial charge < -0.3 is 0 Å². The van der Waals surface area contributed by atoms with Crippen molar-refractivity contribution in [2.75, 3.05) is 0 Å². The summed E-state index contributed by atoms with van der Waals surface area (Å²) in [5.41, 5.74) is -2.16. The van der Waals surface area contributed by atoms with Crippen LogP contribution >= 0.6 is 0 Å². The number of hydrogen-bond acceptors (Lipinski definition) is 0. The number of halogens is 5. The fourth-order valence-electron chi connectivity index (χ4n) is 1.29. The van der Waals surface area contributed by atoms with E-state index in [4.69, 9.17) is 0 Å². The molecule has 11 heavy (non-hydrogen) atoms. The first-order valence-electron chi connectivity index (χ1n) is 3.11. The molecule has 1 rings (SSSR count). The molecule has 5 heteroatoms. The number of hydrogen-bond donors (Lipinski definition) is 0. The van der Waals surface area contributed by atoms with E-state index in [1.54, 1.807) is 0 Å². The molecule has 66 valence electrons. The van der Waals surface area contributed by atoms with E-state index in [9.17, 15) is 22.0 Å². The van der Waals surface area contributed by atoms with Crippen LogP contribution in [0.15, 0.2) is 0 Å². The van der Waals surface area contributed by atoms with Crippen LogP contribution in [-0.4, -0.2) is 12.1 Å². The third-order valence-corrected chi connectivity index (χ3v) is 1.98. The van der Waals surface area contributed by atoms with Gasteiger partial charge in [-0.3, -0.25) is 0 Å². The maximum atomic E-state index is 12.1. The summed E-state index contributed by atoms with van der Waals surface area (Å²) >= 11 is 0. The molecule has 1 aliphatic carbocycles. The van der Waals surface area contributed by atoms with E-state index in [0.717, 1.165) is 6.92 Å². The summed E-state index contributed by atoms with van der Waals surface area (Å²) in [5, 5.41) is 0. The average molecular weight is 174 g/mol. The van der Waals surface area contributed by atoms with Gasteiger partial charge >= 0.3 is 6.18 Å². The molecule has 1 fully saturated rings. The Labute approximate surface area is 60.4 Å². The van der Waals surface area contributed by atoms with Crippen LogP contribution in [0.2, 0.25) is 0 Å². The Morgan fingerprint density at radius 3 is 1.55 bits per heavy atom. The van der Waals surface area contributed by atoms with Gasteiger partial charge in [0.1, 0.15) is 0 Å². The quantitative estimate of drug-likeness (QED) is 0.495. The SMILES string of the molecule is CC1(C(F)(F)F)CC(F)(F)C1. The van der Waals surface area contributed by atoms with Crippen LogP contribution in [0.1, 0.15) is 19.8 Å². The van der Waals surface area contributed by atoms with Gasteiger partial charge in [-0.2, -0.15) is 13.2 Å². The van der Waals surface area contributed by atoms with Gasteiger partial charge in [-0.15, -0.1) is 0 Å². The first kappa shape index (κ1) is 8.74. The highest BCUT2D eigenvalue weighted by atomic mass is 19.4. The maximum Gasteiger partial charge on any atom is 0.394 e. The van der Waals surface area contributed by atoms with Gasteiger partial charge in [-0.05, 0) is 0 Å². The lowest BCUT2D eigenvalue weighted by Gasteiger charge is -2.45. The minimum Gasteiger partial charge on any atom is -0.207 e. The molecule has 0 amide bonds. The van der Waals surface area contributed by atoms with E-state index in [-0.39, 0.29) is 0 Å². The van der Waals surface area contributed by atoms with Gasteiger partial charge in [0.15, 0.2) is 0 Å². The summed E-state index contributed by atoms with van der Waals surface area (Å²) in [4.78, 5) is 0. The topological polar surface area (TPSA) is 0 Å². The molecule has 0 aromatic carbocycles. The zero-order chi connectivity index (χ0) is 8.91. The second kappa shape index (κ2) is 1.87. The minimum atomic E-state index is -4.49. The van der Waals surface area contributed by atoms with E-state index in [1.165, 1.54) is 0 Å². The summed E-state index contributed by atoms with van der Waals surface area (Å²) in [6.45, 7) is 0.824. The largest absolute Gasteiger partial charge is 0.394 e. The molecule has 0 bridgehead atoms. The van der Waals surface area contributed by atoms with Crippen molar-refractivity contribution >= 4 is 0 Å². The number of alkyl halides is 5. The van der Waals surface area contributed by atoms with Crippen LogP contribution < -0.4 is 0 Å². The minimum absolute atomic E-state index is 0.824. The maximum absolute atomic E-state index is 12.1. The molecule has 0 spiro atoms. The molecule has 0 aliphatic heterocycles. The normalized spacial score (nSPS) is 27.8. The molecule has 1 aliphatic rings. The lowest BCUT2D eigenvalue weighted by molar-refractivity contribution is -0.301. The highest BCUT2D eigenvalue weighted by Gasteiger charge is 2.66. The van der Waals surface area contributed by atoms with Gasteiger partial charge in [0.2, 0.25) is 5.92 Å². The number of rotatable bonds is 0. The van der Waals surface area contributed by atoms with Gasteiger partial charge in [-0.1, -0.05) is 6.92 Å². The molecule has 0 atom stereocenters. The Morgan fingerprint density at radius 1 is 1.09 bits per heavy atom. The molecular weight excluding hydrogens is 167 g/mol. The molecule has 0 heterocycles. The summed E-state index contributed by atoms with van der Waals surface area (Å²) in [5.74, 6) is -3.11. The predicted molar refractivity (Wildman–Crippen MR) is 28.3 cm³/mol. The van der Waals surface area contributed by atoms with Gasteiger partial charge in [0.05, 0.1) is 5.41 Å². The van der Waals surface area contributed by atoms with Crippen LogP contribution in [0.25, 0.3) is 0 Å². The molecular formula is C6H7F5. The van der Waals surface area contributed by atoms with Crippen LogP contribution in [0, 0.1) is 5.41 Å². The first-order chi connectivity index (χ1) is 4.66. The highest BCUT2D eigenvalue weighted by molar-refractivity contribution is 5.00. The third-order valence-electron chi connectivity index (χ3n) is 1.98. The van der Waals surface area contributed by atoms with Crippen molar-refractivity contribution in [2.24, 2.45) is 5.41 Å². The molecule has 1 saturated carbocycles. The Morgan fingerprint density at radius 2 is 1.45 bits per heavy atom. The molecule has 0 radical (unpaired) electrons. The van der Waals surface area contributed by atoms with E-state index in [2.05, 4.69) is 0 Å². The van der Waals surface area contributed by atoms with Crippen LogP contribution in [0.3, 0.4) is 0 Å². The lowest BCUT2D eigenvalue weighted by atomic mass is 9.67. The Hall–Kier alpha value is -0.350. The molecule has 0 aromatic heterocycles. The van der Waals surface area contributed by atoms with Crippen molar-refractivity contribution in [1.82, 2.24) is 0 Å². The Balaban J connectivity index is 2.64. The van der Waals surface area contributed by atoms with Crippen LogP contribution in [-0.2, 0) is 0 Å². The van der Waals surface area contributed by atoms with Crippen molar-refractivity contribution in [3.63, 3.8) is 0 Å². The molecule has 0 saturated heterocycles. The second-order valence-corrected chi connectivity index (χ2v) is 3.27.